The lowest BCUT2D eigenvalue weighted by atomic mass is 9.94. The van der Waals surface area contributed by atoms with Gasteiger partial charge in [-0.3, -0.25) is 0 Å². The predicted molar refractivity (Wildman–Crippen MR) is 96.3 cm³/mol. The molecule has 0 nitrogen and oxygen atoms in total. The van der Waals surface area contributed by atoms with Gasteiger partial charge in [0.1, 0.15) is 0 Å². The van der Waals surface area contributed by atoms with Gasteiger partial charge in [0.25, 0.3) is 0 Å². The van der Waals surface area contributed by atoms with E-state index in [1.54, 1.807) is 0 Å². The predicted octanol–water partition coefficient (Wildman–Crippen LogP) is 6.33. The molecule has 0 amide bonds. The van der Waals surface area contributed by atoms with Crippen LogP contribution in [0.2, 0.25) is 0 Å². The fourth-order valence-corrected chi connectivity index (χ4v) is 4.19. The normalized spacial score (nSPS) is 12.5. The van der Waals surface area contributed by atoms with Gasteiger partial charge in [0.05, 0.1) is 0 Å². The molecule has 6 aromatic carbocycles. The summed E-state index contributed by atoms with van der Waals surface area (Å²) < 4.78 is 0. The molecule has 6 rings (SSSR count). The van der Waals surface area contributed by atoms with Gasteiger partial charge in [-0.1, -0.05) is 60.7 Å². The van der Waals surface area contributed by atoms with Crippen LogP contribution in [0.4, 0.5) is 0 Å². The first kappa shape index (κ1) is 10.8. The molecule has 22 heavy (non-hydrogen) atoms. The van der Waals surface area contributed by atoms with E-state index in [9.17, 15) is 0 Å². The molecule has 0 radical (unpaired) electrons. The number of hydrogen-bond donors (Lipinski definition) is 0. The molecule has 0 unspecified atom stereocenters. The highest BCUT2D eigenvalue weighted by molar-refractivity contribution is 6.31. The van der Waals surface area contributed by atoms with Crippen molar-refractivity contribution in [2.45, 2.75) is 0 Å². The van der Waals surface area contributed by atoms with E-state index in [2.05, 4.69) is 72.8 Å². The zero-order valence-corrected chi connectivity index (χ0v) is 11.9. The standard InChI is InChI=1S/C22H12/c1-3-13-7-9-15-12-20-18-6-2-4-14-8-10-16(22(14)18)11-19(20)17(5-1)21(13)15/h1-12H. The summed E-state index contributed by atoms with van der Waals surface area (Å²) in [5.41, 5.74) is 0. The van der Waals surface area contributed by atoms with E-state index in [1.165, 1.54) is 53.9 Å². The molecule has 0 saturated carbocycles. The number of hydrogen-bond acceptors (Lipinski definition) is 0. The van der Waals surface area contributed by atoms with E-state index in [4.69, 9.17) is 0 Å². The van der Waals surface area contributed by atoms with E-state index in [0.717, 1.165) is 0 Å². The van der Waals surface area contributed by atoms with Gasteiger partial charge in [0, 0.05) is 0 Å². The maximum Gasteiger partial charge on any atom is -0.00324 e. The summed E-state index contributed by atoms with van der Waals surface area (Å²) in [4.78, 5) is 0. The van der Waals surface area contributed by atoms with Gasteiger partial charge in [-0.25, -0.2) is 0 Å². The molecule has 0 bridgehead atoms. The molecule has 0 saturated heterocycles. The van der Waals surface area contributed by atoms with Crippen LogP contribution in [-0.2, 0) is 0 Å². The number of rotatable bonds is 0. The maximum absolute atomic E-state index is 2.37. The molecule has 0 aromatic heterocycles. The number of fused-ring (bicyclic) bond motifs is 3. The van der Waals surface area contributed by atoms with E-state index in [0.29, 0.717) is 0 Å². The van der Waals surface area contributed by atoms with Crippen molar-refractivity contribution in [1.82, 2.24) is 0 Å². The second-order valence-electron chi connectivity index (χ2n) is 6.23. The zero-order chi connectivity index (χ0) is 14.3. The Hall–Kier alpha value is -2.86. The molecule has 0 atom stereocenters. The van der Waals surface area contributed by atoms with Crippen LogP contribution in [0.1, 0.15) is 0 Å². The molecule has 0 heterocycles. The molecular weight excluding hydrogens is 264 g/mol. The van der Waals surface area contributed by atoms with Crippen molar-refractivity contribution in [3.05, 3.63) is 72.8 Å². The average Bonchev–Trinajstić information content (AvgIpc) is 3.16. The molecule has 0 N–H and O–H groups in total. The van der Waals surface area contributed by atoms with Crippen LogP contribution in [0.15, 0.2) is 72.8 Å². The van der Waals surface area contributed by atoms with Gasteiger partial charge in [-0.05, 0) is 66.0 Å². The summed E-state index contributed by atoms with van der Waals surface area (Å²) >= 11 is 0. The molecule has 100 valence electrons. The zero-order valence-electron chi connectivity index (χ0n) is 11.9. The minimum Gasteiger partial charge on any atom is -0.0610 e. The smallest absolute Gasteiger partial charge is 0.00324 e. The second-order valence-corrected chi connectivity index (χ2v) is 6.23. The second kappa shape index (κ2) is 3.48. The lowest BCUT2D eigenvalue weighted by molar-refractivity contribution is 1.88. The van der Waals surface area contributed by atoms with Crippen molar-refractivity contribution >= 4 is 53.9 Å². The Kier molecular flexibility index (Phi) is 1.71. The third kappa shape index (κ3) is 1.12. The van der Waals surface area contributed by atoms with Crippen molar-refractivity contribution < 1.29 is 0 Å². The van der Waals surface area contributed by atoms with Gasteiger partial charge < -0.3 is 0 Å². The molecule has 0 aliphatic carbocycles. The van der Waals surface area contributed by atoms with Crippen molar-refractivity contribution in [2.75, 3.05) is 0 Å². The summed E-state index contributed by atoms with van der Waals surface area (Å²) in [6, 6.07) is 27.0. The summed E-state index contributed by atoms with van der Waals surface area (Å²) in [7, 11) is 0. The van der Waals surface area contributed by atoms with Gasteiger partial charge in [0.15, 0.2) is 0 Å². The van der Waals surface area contributed by atoms with Crippen molar-refractivity contribution in [3.63, 3.8) is 0 Å². The highest BCUT2D eigenvalue weighted by atomic mass is 14.2. The summed E-state index contributed by atoms with van der Waals surface area (Å²) in [5.74, 6) is 0. The minimum absolute atomic E-state index is 1.34. The third-order valence-electron chi connectivity index (χ3n) is 5.13. The third-order valence-corrected chi connectivity index (χ3v) is 5.13. The van der Waals surface area contributed by atoms with E-state index < -0.39 is 0 Å². The first-order valence-electron chi connectivity index (χ1n) is 7.71. The quantitative estimate of drug-likeness (QED) is 0.284. The fourth-order valence-electron chi connectivity index (χ4n) is 4.19. The fraction of sp³-hybridized carbons (Fsp3) is 0. The van der Waals surface area contributed by atoms with Crippen LogP contribution in [-0.4, -0.2) is 0 Å². The Morgan fingerprint density at radius 2 is 0.818 bits per heavy atom. The van der Waals surface area contributed by atoms with E-state index >= 15 is 0 Å². The first-order valence-corrected chi connectivity index (χ1v) is 7.71. The molecule has 0 aliphatic heterocycles. The Balaban J connectivity index is 2.05. The van der Waals surface area contributed by atoms with Crippen LogP contribution in [0, 0.1) is 0 Å². The van der Waals surface area contributed by atoms with Crippen LogP contribution in [0.5, 0.6) is 0 Å². The lowest BCUT2D eigenvalue weighted by Crippen LogP contribution is -1.81. The van der Waals surface area contributed by atoms with Crippen molar-refractivity contribution in [1.29, 1.82) is 0 Å². The molecule has 0 spiro atoms. The van der Waals surface area contributed by atoms with Gasteiger partial charge in [-0.15, -0.1) is 0 Å². The Bertz CT molecular complexity index is 1200. The maximum atomic E-state index is 2.37. The largest absolute Gasteiger partial charge is 0.0610 e. The lowest BCUT2D eigenvalue weighted by Gasteiger charge is -2.09. The van der Waals surface area contributed by atoms with Crippen molar-refractivity contribution in [3.8, 4) is 0 Å². The molecule has 0 heteroatoms. The van der Waals surface area contributed by atoms with Crippen LogP contribution >= 0.6 is 0 Å². The highest BCUT2D eigenvalue weighted by Crippen LogP contribution is 2.40. The van der Waals surface area contributed by atoms with Crippen LogP contribution in [0.3, 0.4) is 0 Å². The SMILES string of the molecule is c1cc2ccc3cc4c(cc5ccc6cccc4c65)c(c1)c23. The van der Waals surface area contributed by atoms with Crippen molar-refractivity contribution in [2.24, 2.45) is 0 Å². The van der Waals surface area contributed by atoms with Crippen LogP contribution in [0.25, 0.3) is 53.9 Å². The Morgan fingerprint density at radius 1 is 0.364 bits per heavy atom. The summed E-state index contributed by atoms with van der Waals surface area (Å²) in [5, 5.41) is 13.7. The molecule has 0 fully saturated rings. The highest BCUT2D eigenvalue weighted by Gasteiger charge is 2.12. The topological polar surface area (TPSA) is 0 Å². The van der Waals surface area contributed by atoms with Gasteiger partial charge in [0.2, 0.25) is 0 Å². The van der Waals surface area contributed by atoms with E-state index in [-0.39, 0.29) is 0 Å². The molecule has 6 aromatic rings. The molecular formula is C22H12. The first-order chi connectivity index (χ1) is 10.9. The average molecular weight is 276 g/mol. The Morgan fingerprint density at radius 3 is 1.32 bits per heavy atom. The minimum atomic E-state index is 1.34. The monoisotopic (exact) mass is 276 g/mol. The Labute approximate surface area is 127 Å². The van der Waals surface area contributed by atoms with Gasteiger partial charge >= 0.3 is 0 Å². The summed E-state index contributed by atoms with van der Waals surface area (Å²) in [6.45, 7) is 0. The van der Waals surface area contributed by atoms with Crippen LogP contribution < -0.4 is 0 Å². The van der Waals surface area contributed by atoms with Gasteiger partial charge in [-0.2, -0.15) is 0 Å². The molecule has 0 aliphatic rings. The van der Waals surface area contributed by atoms with E-state index in [1.807, 2.05) is 0 Å². The summed E-state index contributed by atoms with van der Waals surface area (Å²) in [6.07, 6.45) is 0. The number of benzene rings is 4.